The zero-order valence-corrected chi connectivity index (χ0v) is 10.5. The van der Waals surface area contributed by atoms with E-state index in [1.54, 1.807) is 0 Å². The van der Waals surface area contributed by atoms with Gasteiger partial charge in [-0.3, -0.25) is 4.55 Å². The topological polar surface area (TPSA) is 58.8 Å². The first kappa shape index (κ1) is 13.4. The summed E-state index contributed by atoms with van der Waals surface area (Å²) in [6, 6.07) is 0. The third kappa shape index (κ3) is 5.44. The zero-order valence-electron chi connectivity index (χ0n) is 9.65. The van der Waals surface area contributed by atoms with Gasteiger partial charge in [0.2, 0.25) is 0 Å². The highest BCUT2D eigenvalue weighted by Gasteiger charge is 2.11. The average molecular weight is 246 g/mol. The minimum Gasteiger partial charge on any atom is -0.308 e. The number of quaternary nitrogens is 1. The largest absolute Gasteiger partial charge is 0.308 e. The number of unbranched alkanes of at least 4 members (excludes halogenated alkanes) is 1. The molecular weight excluding hydrogens is 226 g/mol. The molecule has 1 atom stereocenters. The Labute approximate surface area is 97.4 Å². The van der Waals surface area contributed by atoms with Gasteiger partial charge in [0, 0.05) is 6.42 Å². The molecule has 4 nitrogen and oxygen atoms in total. The minimum absolute atomic E-state index is 0.126. The zero-order chi connectivity index (χ0) is 12.0. The summed E-state index contributed by atoms with van der Waals surface area (Å²) in [6.45, 7) is 0.912. The predicted molar refractivity (Wildman–Crippen MR) is 63.9 cm³/mol. The number of allylic oxidation sites excluding steroid dienone is 4. The molecule has 92 valence electrons. The van der Waals surface area contributed by atoms with Gasteiger partial charge < -0.3 is 4.90 Å². The summed E-state index contributed by atoms with van der Waals surface area (Å²) in [5.74, 6) is -0.126. The Bertz CT molecular complexity index is 371. The molecule has 0 fully saturated rings. The van der Waals surface area contributed by atoms with Crippen LogP contribution in [0.25, 0.3) is 0 Å². The molecule has 5 heteroatoms. The van der Waals surface area contributed by atoms with Crippen LogP contribution in [0, 0.1) is 0 Å². The van der Waals surface area contributed by atoms with E-state index in [1.807, 2.05) is 0 Å². The number of hydrogen-bond acceptors (Lipinski definition) is 2. The Morgan fingerprint density at radius 2 is 2.19 bits per heavy atom. The Hall–Kier alpha value is -0.650. The van der Waals surface area contributed by atoms with Crippen LogP contribution in [0.1, 0.15) is 25.7 Å². The van der Waals surface area contributed by atoms with E-state index in [0.717, 1.165) is 25.8 Å². The molecule has 1 aliphatic rings. The number of hydrogen-bond donors (Lipinski definition) is 2. The van der Waals surface area contributed by atoms with E-state index in [2.05, 4.69) is 25.3 Å². The second-order valence-electron chi connectivity index (χ2n) is 4.18. The Balaban J connectivity index is 2.22. The van der Waals surface area contributed by atoms with Crippen molar-refractivity contribution in [1.29, 1.82) is 0 Å². The van der Waals surface area contributed by atoms with Gasteiger partial charge in [0.1, 0.15) is 5.70 Å². The quantitative estimate of drug-likeness (QED) is 0.527. The lowest BCUT2D eigenvalue weighted by atomic mass is 10.1. The van der Waals surface area contributed by atoms with E-state index in [-0.39, 0.29) is 5.75 Å². The highest BCUT2D eigenvalue weighted by molar-refractivity contribution is 7.85. The average Bonchev–Trinajstić information content (AvgIpc) is 2.24. The van der Waals surface area contributed by atoms with Gasteiger partial charge in [-0.05, 0) is 25.3 Å². The van der Waals surface area contributed by atoms with Crippen molar-refractivity contribution in [2.24, 2.45) is 0 Å². The van der Waals surface area contributed by atoms with Gasteiger partial charge in [-0.25, -0.2) is 0 Å². The lowest BCUT2D eigenvalue weighted by Gasteiger charge is -2.17. The van der Waals surface area contributed by atoms with Crippen LogP contribution in [0.4, 0.5) is 0 Å². The summed E-state index contributed by atoms with van der Waals surface area (Å²) in [5.41, 5.74) is 1.37. The van der Waals surface area contributed by atoms with Crippen LogP contribution in [0.3, 0.4) is 0 Å². The molecule has 16 heavy (non-hydrogen) atoms. The Morgan fingerprint density at radius 3 is 2.75 bits per heavy atom. The molecule has 1 aliphatic carbocycles. The molecule has 1 rings (SSSR count). The van der Waals surface area contributed by atoms with Crippen molar-refractivity contribution >= 4 is 10.1 Å². The molecule has 1 unspecified atom stereocenters. The second kappa shape index (κ2) is 6.18. The summed E-state index contributed by atoms with van der Waals surface area (Å²) in [6.07, 6.45) is 9.86. The van der Waals surface area contributed by atoms with Gasteiger partial charge >= 0.3 is 0 Å². The summed E-state index contributed by atoms with van der Waals surface area (Å²) in [5, 5.41) is 0. The summed E-state index contributed by atoms with van der Waals surface area (Å²) in [4.78, 5) is 1.33. The van der Waals surface area contributed by atoms with Crippen LogP contribution < -0.4 is 4.90 Å². The standard InChI is InChI=1S/C11H19NO3S/c1-12(11-7-3-2-4-8-11)9-5-6-10-16(13,14)15/h2-3,7H,4-6,8-10H2,1H3,(H,13,14,15)/p+1. The smallest absolute Gasteiger partial charge is 0.264 e. The maximum absolute atomic E-state index is 10.5. The van der Waals surface area contributed by atoms with Crippen LogP contribution in [-0.2, 0) is 10.1 Å². The lowest BCUT2D eigenvalue weighted by molar-refractivity contribution is -0.841. The molecule has 0 aliphatic heterocycles. The van der Waals surface area contributed by atoms with Crippen LogP contribution >= 0.6 is 0 Å². The van der Waals surface area contributed by atoms with E-state index in [1.165, 1.54) is 10.6 Å². The van der Waals surface area contributed by atoms with Crippen LogP contribution in [0.2, 0.25) is 0 Å². The first-order chi connectivity index (χ1) is 7.49. The lowest BCUT2D eigenvalue weighted by Crippen LogP contribution is -3.07. The van der Waals surface area contributed by atoms with E-state index in [9.17, 15) is 8.42 Å². The van der Waals surface area contributed by atoms with Crippen LogP contribution in [-0.4, -0.2) is 32.3 Å². The first-order valence-corrected chi connectivity index (χ1v) is 7.23. The predicted octanol–water partition coefficient (Wildman–Crippen LogP) is 0.403. The van der Waals surface area contributed by atoms with Crippen molar-refractivity contribution in [1.82, 2.24) is 0 Å². The Morgan fingerprint density at radius 1 is 1.44 bits per heavy atom. The summed E-state index contributed by atoms with van der Waals surface area (Å²) >= 11 is 0. The van der Waals surface area contributed by atoms with Crippen LogP contribution in [0.5, 0.6) is 0 Å². The molecule has 0 bridgehead atoms. The summed E-state index contributed by atoms with van der Waals surface area (Å²) < 4.78 is 29.6. The molecule has 0 saturated heterocycles. The van der Waals surface area contributed by atoms with Crippen molar-refractivity contribution in [2.45, 2.75) is 25.7 Å². The Kier molecular flexibility index (Phi) is 5.18. The molecule has 0 spiro atoms. The van der Waals surface area contributed by atoms with Crippen molar-refractivity contribution in [3.63, 3.8) is 0 Å². The molecule has 0 aromatic heterocycles. The van der Waals surface area contributed by atoms with Gasteiger partial charge in [0.25, 0.3) is 10.1 Å². The molecule has 0 aromatic rings. The molecule has 0 aromatic carbocycles. The molecule has 0 amide bonds. The van der Waals surface area contributed by atoms with Crippen LogP contribution in [0.15, 0.2) is 23.9 Å². The summed E-state index contributed by atoms with van der Waals surface area (Å²) in [7, 11) is -1.69. The fourth-order valence-corrected chi connectivity index (χ4v) is 2.36. The number of nitrogens with one attached hydrogen (secondary N) is 1. The van der Waals surface area contributed by atoms with Crippen molar-refractivity contribution in [3.8, 4) is 0 Å². The monoisotopic (exact) mass is 246 g/mol. The van der Waals surface area contributed by atoms with Gasteiger partial charge in [0.05, 0.1) is 19.3 Å². The molecule has 2 N–H and O–H groups in total. The SMILES string of the molecule is C[NH+](CCCCS(=O)(=O)O)C1=CC=CCC1. The van der Waals surface area contributed by atoms with Gasteiger partial charge in [-0.1, -0.05) is 12.2 Å². The van der Waals surface area contributed by atoms with Gasteiger partial charge in [-0.2, -0.15) is 8.42 Å². The molecule has 0 heterocycles. The molecule has 0 radical (unpaired) electrons. The van der Waals surface area contributed by atoms with Gasteiger partial charge in [-0.15, -0.1) is 0 Å². The maximum Gasteiger partial charge on any atom is 0.264 e. The van der Waals surface area contributed by atoms with E-state index < -0.39 is 10.1 Å². The third-order valence-electron chi connectivity index (χ3n) is 2.77. The van der Waals surface area contributed by atoms with E-state index >= 15 is 0 Å². The fourth-order valence-electron chi connectivity index (χ4n) is 1.79. The van der Waals surface area contributed by atoms with E-state index in [0.29, 0.717) is 6.42 Å². The van der Waals surface area contributed by atoms with E-state index in [4.69, 9.17) is 4.55 Å². The van der Waals surface area contributed by atoms with Crippen molar-refractivity contribution in [3.05, 3.63) is 23.9 Å². The van der Waals surface area contributed by atoms with Crippen molar-refractivity contribution < 1.29 is 17.9 Å². The molecule has 0 saturated carbocycles. The highest BCUT2D eigenvalue weighted by atomic mass is 32.2. The third-order valence-corrected chi connectivity index (χ3v) is 3.57. The second-order valence-corrected chi connectivity index (χ2v) is 5.75. The minimum atomic E-state index is -3.78. The molecular formula is C11H20NO3S+. The first-order valence-electron chi connectivity index (χ1n) is 5.63. The van der Waals surface area contributed by atoms with Crippen molar-refractivity contribution in [2.75, 3.05) is 19.3 Å². The fraction of sp³-hybridized carbons (Fsp3) is 0.636. The highest BCUT2D eigenvalue weighted by Crippen LogP contribution is 2.05. The number of rotatable bonds is 6. The van der Waals surface area contributed by atoms with Gasteiger partial charge in [0.15, 0.2) is 0 Å². The normalized spacial score (nSPS) is 18.2. The maximum atomic E-state index is 10.5.